The van der Waals surface area contributed by atoms with Crippen molar-refractivity contribution in [2.45, 2.75) is 0 Å². The third-order valence-corrected chi connectivity index (χ3v) is 4.61. The molecule has 1 N–H and O–H groups in total. The molecular formula is C19H22ClN3O4. The number of rotatable bonds is 7. The van der Waals surface area contributed by atoms with E-state index in [1.165, 1.54) is 6.26 Å². The number of furan rings is 1. The average Bonchev–Trinajstić information content (AvgIpc) is 3.23. The Bertz CT molecular complexity index is 741. The van der Waals surface area contributed by atoms with E-state index in [0.29, 0.717) is 24.7 Å². The van der Waals surface area contributed by atoms with Gasteiger partial charge in [0.1, 0.15) is 12.4 Å². The Hall–Kier alpha value is -2.51. The van der Waals surface area contributed by atoms with E-state index in [-0.39, 0.29) is 24.1 Å². The van der Waals surface area contributed by atoms with Crippen LogP contribution < -0.4 is 10.1 Å². The maximum Gasteiger partial charge on any atom is 0.287 e. The summed E-state index contributed by atoms with van der Waals surface area (Å²) in [6, 6.07) is 10.5. The third-order valence-electron chi connectivity index (χ3n) is 4.36. The molecule has 144 valence electrons. The summed E-state index contributed by atoms with van der Waals surface area (Å²) in [5.41, 5.74) is 0. The summed E-state index contributed by atoms with van der Waals surface area (Å²) >= 11 is 5.85. The van der Waals surface area contributed by atoms with E-state index in [1.807, 2.05) is 12.1 Å². The first-order valence-electron chi connectivity index (χ1n) is 8.82. The molecule has 2 heterocycles. The minimum absolute atomic E-state index is 0.0286. The first-order valence-corrected chi connectivity index (χ1v) is 9.20. The fourth-order valence-corrected chi connectivity index (χ4v) is 2.93. The van der Waals surface area contributed by atoms with E-state index in [0.717, 1.165) is 25.4 Å². The van der Waals surface area contributed by atoms with Gasteiger partial charge in [0, 0.05) is 37.7 Å². The summed E-state index contributed by atoms with van der Waals surface area (Å²) < 4.78 is 10.7. The van der Waals surface area contributed by atoms with Crippen molar-refractivity contribution in [1.82, 2.24) is 15.1 Å². The molecule has 8 heteroatoms. The number of nitrogens with one attached hydrogen (secondary N) is 1. The monoisotopic (exact) mass is 391 g/mol. The fourth-order valence-electron chi connectivity index (χ4n) is 2.81. The van der Waals surface area contributed by atoms with Crippen LogP contribution in [0.25, 0.3) is 0 Å². The molecule has 3 rings (SSSR count). The second-order valence-electron chi connectivity index (χ2n) is 6.18. The van der Waals surface area contributed by atoms with Gasteiger partial charge in [-0.15, -0.1) is 0 Å². The molecule has 2 aromatic rings. The molecule has 1 aromatic heterocycles. The zero-order chi connectivity index (χ0) is 19.1. The highest BCUT2D eigenvalue weighted by molar-refractivity contribution is 6.30. The molecule has 1 aromatic carbocycles. The van der Waals surface area contributed by atoms with Crippen molar-refractivity contribution >= 4 is 23.4 Å². The summed E-state index contributed by atoms with van der Waals surface area (Å²) in [4.78, 5) is 28.0. The predicted molar refractivity (Wildman–Crippen MR) is 101 cm³/mol. The average molecular weight is 392 g/mol. The number of hydrogen-bond acceptors (Lipinski definition) is 5. The van der Waals surface area contributed by atoms with Crippen LogP contribution in [0.15, 0.2) is 47.1 Å². The van der Waals surface area contributed by atoms with Crippen molar-refractivity contribution in [2.24, 2.45) is 0 Å². The molecule has 0 radical (unpaired) electrons. The van der Waals surface area contributed by atoms with E-state index in [2.05, 4.69) is 10.2 Å². The summed E-state index contributed by atoms with van der Waals surface area (Å²) in [6.45, 7) is 4.17. The summed E-state index contributed by atoms with van der Waals surface area (Å²) in [7, 11) is 0. The van der Waals surface area contributed by atoms with E-state index in [4.69, 9.17) is 20.8 Å². The highest BCUT2D eigenvalue weighted by Crippen LogP contribution is 2.15. The lowest BCUT2D eigenvalue weighted by molar-refractivity contribution is -0.131. The summed E-state index contributed by atoms with van der Waals surface area (Å²) in [6.07, 6.45) is 1.42. The van der Waals surface area contributed by atoms with Gasteiger partial charge < -0.3 is 19.4 Å². The molecule has 0 aliphatic carbocycles. The second kappa shape index (κ2) is 9.43. The first-order chi connectivity index (χ1) is 13.1. The van der Waals surface area contributed by atoms with Crippen molar-refractivity contribution in [3.63, 3.8) is 0 Å². The molecule has 0 saturated carbocycles. The van der Waals surface area contributed by atoms with Gasteiger partial charge in [-0.3, -0.25) is 14.5 Å². The van der Waals surface area contributed by atoms with Crippen LogP contribution in [0.1, 0.15) is 10.6 Å². The maximum absolute atomic E-state index is 12.2. The molecule has 2 amide bonds. The Balaban J connectivity index is 1.32. The van der Waals surface area contributed by atoms with Gasteiger partial charge in [0.15, 0.2) is 5.76 Å². The van der Waals surface area contributed by atoms with E-state index < -0.39 is 0 Å². The topological polar surface area (TPSA) is 75.0 Å². The molecule has 0 spiro atoms. The van der Waals surface area contributed by atoms with Gasteiger partial charge >= 0.3 is 0 Å². The Morgan fingerprint density at radius 2 is 1.85 bits per heavy atom. The lowest BCUT2D eigenvalue weighted by Crippen LogP contribution is -2.51. The standard InChI is InChI=1S/C19H22ClN3O4/c20-15-3-5-16(6-4-15)26-13-11-22-7-9-23(10-8-22)18(24)14-21-19(25)17-2-1-12-27-17/h1-6,12H,7-11,13-14H2,(H,21,25). The van der Waals surface area contributed by atoms with Crippen LogP contribution in [-0.2, 0) is 4.79 Å². The van der Waals surface area contributed by atoms with Crippen LogP contribution in [0.5, 0.6) is 5.75 Å². The molecule has 0 bridgehead atoms. The minimum atomic E-state index is -0.383. The van der Waals surface area contributed by atoms with E-state index in [9.17, 15) is 9.59 Å². The second-order valence-corrected chi connectivity index (χ2v) is 6.62. The molecule has 0 atom stereocenters. The quantitative estimate of drug-likeness (QED) is 0.780. The summed E-state index contributed by atoms with van der Waals surface area (Å²) in [5.74, 6) is 0.520. The number of hydrogen-bond donors (Lipinski definition) is 1. The Kier molecular flexibility index (Phi) is 6.73. The zero-order valence-electron chi connectivity index (χ0n) is 14.9. The van der Waals surface area contributed by atoms with Crippen LogP contribution in [-0.4, -0.2) is 67.5 Å². The van der Waals surface area contributed by atoms with Crippen LogP contribution >= 0.6 is 11.6 Å². The number of halogens is 1. The van der Waals surface area contributed by atoms with Gasteiger partial charge in [-0.05, 0) is 36.4 Å². The number of piperazine rings is 1. The molecule has 7 nitrogen and oxygen atoms in total. The molecule has 1 fully saturated rings. The number of amides is 2. The first kappa shape index (κ1) is 19.3. The van der Waals surface area contributed by atoms with Crippen LogP contribution in [0.4, 0.5) is 0 Å². The fraction of sp³-hybridized carbons (Fsp3) is 0.368. The molecule has 1 aliphatic heterocycles. The Morgan fingerprint density at radius 3 is 2.52 bits per heavy atom. The van der Waals surface area contributed by atoms with Crippen molar-refractivity contribution in [1.29, 1.82) is 0 Å². The van der Waals surface area contributed by atoms with Gasteiger partial charge in [-0.25, -0.2) is 0 Å². The van der Waals surface area contributed by atoms with Gasteiger partial charge in [0.05, 0.1) is 12.8 Å². The van der Waals surface area contributed by atoms with Crippen LogP contribution in [0.2, 0.25) is 5.02 Å². The number of benzene rings is 1. The van der Waals surface area contributed by atoms with Crippen LogP contribution in [0, 0.1) is 0 Å². The lowest BCUT2D eigenvalue weighted by atomic mass is 10.3. The lowest BCUT2D eigenvalue weighted by Gasteiger charge is -2.34. The number of carbonyl (C=O) groups is 2. The van der Waals surface area contributed by atoms with Gasteiger partial charge in [-0.2, -0.15) is 0 Å². The van der Waals surface area contributed by atoms with Crippen molar-refractivity contribution in [2.75, 3.05) is 45.9 Å². The van der Waals surface area contributed by atoms with Crippen LogP contribution in [0.3, 0.4) is 0 Å². The molecule has 27 heavy (non-hydrogen) atoms. The predicted octanol–water partition coefficient (Wildman–Crippen LogP) is 1.89. The molecule has 1 saturated heterocycles. The number of ether oxygens (including phenoxy) is 1. The molecule has 1 aliphatic rings. The Morgan fingerprint density at radius 1 is 1.11 bits per heavy atom. The van der Waals surface area contributed by atoms with Gasteiger partial charge in [0.2, 0.25) is 5.91 Å². The van der Waals surface area contributed by atoms with E-state index >= 15 is 0 Å². The molecule has 0 unspecified atom stereocenters. The van der Waals surface area contributed by atoms with Gasteiger partial charge in [-0.1, -0.05) is 11.6 Å². The highest BCUT2D eigenvalue weighted by atomic mass is 35.5. The van der Waals surface area contributed by atoms with Crippen molar-refractivity contribution in [3.05, 3.63) is 53.4 Å². The highest BCUT2D eigenvalue weighted by Gasteiger charge is 2.21. The van der Waals surface area contributed by atoms with Crippen molar-refractivity contribution < 1.29 is 18.7 Å². The smallest absolute Gasteiger partial charge is 0.287 e. The van der Waals surface area contributed by atoms with Gasteiger partial charge in [0.25, 0.3) is 5.91 Å². The van der Waals surface area contributed by atoms with Crippen molar-refractivity contribution in [3.8, 4) is 5.75 Å². The minimum Gasteiger partial charge on any atom is -0.492 e. The summed E-state index contributed by atoms with van der Waals surface area (Å²) in [5, 5.41) is 3.27. The normalized spacial score (nSPS) is 14.8. The zero-order valence-corrected chi connectivity index (χ0v) is 15.7. The number of nitrogens with zero attached hydrogens (tertiary/aromatic N) is 2. The largest absolute Gasteiger partial charge is 0.492 e. The van der Waals surface area contributed by atoms with E-state index in [1.54, 1.807) is 29.2 Å². The SMILES string of the molecule is O=C(NCC(=O)N1CCN(CCOc2ccc(Cl)cc2)CC1)c1ccco1. The Labute approximate surface area is 162 Å². The maximum atomic E-state index is 12.2. The third kappa shape index (κ3) is 5.74. The molecular weight excluding hydrogens is 370 g/mol. The number of carbonyl (C=O) groups excluding carboxylic acids is 2.